The molecule has 4 saturated carbocycles. The second-order valence-corrected chi connectivity index (χ2v) is 13.0. The molecule has 0 aromatic heterocycles. The summed E-state index contributed by atoms with van der Waals surface area (Å²) in [5.74, 6) is -1.95. The second-order valence-electron chi connectivity index (χ2n) is 13.0. The van der Waals surface area contributed by atoms with Crippen LogP contribution < -0.4 is 0 Å². The van der Waals surface area contributed by atoms with Crippen molar-refractivity contribution in [2.45, 2.75) is 122 Å². The summed E-state index contributed by atoms with van der Waals surface area (Å²) in [6, 6.07) is 0. The Morgan fingerprint density at radius 2 is 1.61 bits per heavy atom. The van der Waals surface area contributed by atoms with E-state index in [1.54, 1.807) is 13.8 Å². The summed E-state index contributed by atoms with van der Waals surface area (Å²) < 4.78 is 6.04. The smallest absolute Gasteiger partial charge is 0.330 e. The van der Waals surface area contributed by atoms with Crippen molar-refractivity contribution in [2.24, 2.45) is 28.6 Å². The quantitative estimate of drug-likeness (QED) is 0.287. The van der Waals surface area contributed by atoms with E-state index in [2.05, 4.69) is 0 Å². The number of Topliss-reactive ketones (excluding diaryl/α,β-unsaturated/α-hetero) is 1. The Bertz CT molecular complexity index is 961. The average Bonchev–Trinajstić information content (AvgIpc) is 3.06. The van der Waals surface area contributed by atoms with Gasteiger partial charge in [0.05, 0.1) is 17.8 Å². The van der Waals surface area contributed by atoms with E-state index in [0.717, 1.165) is 5.57 Å². The molecule has 4 fully saturated rings. The Labute approximate surface area is 213 Å². The molecule has 4 aliphatic carbocycles. The Hall–Kier alpha value is -1.32. The van der Waals surface area contributed by atoms with Crippen molar-refractivity contribution in [3.05, 3.63) is 11.6 Å². The number of carbonyl (C=O) groups excluding carboxylic acids is 2. The number of carbonyl (C=O) groups is 2. The molecule has 10 unspecified atom stereocenters. The van der Waals surface area contributed by atoms with Gasteiger partial charge in [0.15, 0.2) is 0 Å². The lowest BCUT2D eigenvalue weighted by atomic mass is 9.39. The van der Waals surface area contributed by atoms with E-state index in [0.29, 0.717) is 19.3 Å². The molecular weight excluding hydrogens is 464 g/mol. The molecule has 0 aromatic carbocycles. The Balaban J connectivity index is 1.85. The summed E-state index contributed by atoms with van der Waals surface area (Å²) in [5, 5.41) is 58.1. The summed E-state index contributed by atoms with van der Waals surface area (Å²) in [6.45, 7) is 10.7. The van der Waals surface area contributed by atoms with Gasteiger partial charge in [-0.3, -0.25) is 4.79 Å². The monoisotopic (exact) mass is 508 g/mol. The van der Waals surface area contributed by atoms with Crippen molar-refractivity contribution in [1.29, 1.82) is 0 Å². The maximum absolute atomic E-state index is 13.0. The molecule has 8 heteroatoms. The molecule has 4 rings (SSSR count). The van der Waals surface area contributed by atoms with Crippen LogP contribution >= 0.6 is 0 Å². The molecule has 0 amide bonds. The number of esters is 1. The standard InChI is InChI=1S/C28H44O8/c1-15(2)16(3)11-23(32)36-22-12-20-24(5)9-7-18(30)13-27(24,34)21(31)14-26(20,33)28(35)10-8-19(17(4)29)25(22,28)6/h11,15,18-22,30-31,33-35H,7-10,12-14H2,1-6H3. The highest BCUT2D eigenvalue weighted by Gasteiger charge is 2.80. The van der Waals surface area contributed by atoms with Crippen LogP contribution in [0.25, 0.3) is 0 Å². The Morgan fingerprint density at radius 1 is 0.972 bits per heavy atom. The Morgan fingerprint density at radius 3 is 2.19 bits per heavy atom. The van der Waals surface area contributed by atoms with E-state index in [-0.39, 0.29) is 37.4 Å². The number of fused-ring (bicyclic) bond motifs is 5. The first-order valence-corrected chi connectivity index (χ1v) is 13.4. The molecule has 204 valence electrons. The van der Waals surface area contributed by atoms with Crippen molar-refractivity contribution >= 4 is 11.8 Å². The van der Waals surface area contributed by atoms with Crippen LogP contribution in [0.2, 0.25) is 0 Å². The maximum atomic E-state index is 13.0. The van der Waals surface area contributed by atoms with Gasteiger partial charge in [-0.25, -0.2) is 4.79 Å². The number of ether oxygens (including phenoxy) is 1. The first-order chi connectivity index (χ1) is 16.5. The molecule has 0 spiro atoms. The molecule has 0 bridgehead atoms. The number of aliphatic hydroxyl groups is 5. The van der Waals surface area contributed by atoms with Crippen LogP contribution in [0.4, 0.5) is 0 Å². The minimum Gasteiger partial charge on any atom is -0.458 e. The number of allylic oxidation sites excluding steroid dienone is 1. The van der Waals surface area contributed by atoms with Gasteiger partial charge < -0.3 is 30.3 Å². The highest BCUT2D eigenvalue weighted by Crippen LogP contribution is 2.71. The fourth-order valence-electron chi connectivity index (χ4n) is 8.58. The number of aliphatic hydroxyl groups excluding tert-OH is 2. The first kappa shape index (κ1) is 27.7. The van der Waals surface area contributed by atoms with E-state index in [1.807, 2.05) is 20.8 Å². The van der Waals surface area contributed by atoms with Gasteiger partial charge in [-0.15, -0.1) is 0 Å². The van der Waals surface area contributed by atoms with Crippen molar-refractivity contribution in [1.82, 2.24) is 0 Å². The number of ketones is 1. The molecule has 0 aromatic rings. The van der Waals surface area contributed by atoms with Crippen LogP contribution in [0.5, 0.6) is 0 Å². The third-order valence-corrected chi connectivity index (χ3v) is 11.2. The number of rotatable bonds is 4. The third kappa shape index (κ3) is 3.44. The summed E-state index contributed by atoms with van der Waals surface area (Å²) in [4.78, 5) is 25.8. The average molecular weight is 509 g/mol. The van der Waals surface area contributed by atoms with Gasteiger partial charge in [-0.1, -0.05) is 33.3 Å². The second kappa shape index (κ2) is 8.60. The zero-order chi connectivity index (χ0) is 27.1. The zero-order valence-electron chi connectivity index (χ0n) is 22.5. The lowest BCUT2D eigenvalue weighted by molar-refractivity contribution is -0.359. The molecule has 5 N–H and O–H groups in total. The number of hydrogen-bond acceptors (Lipinski definition) is 8. The summed E-state index contributed by atoms with van der Waals surface area (Å²) in [7, 11) is 0. The van der Waals surface area contributed by atoms with E-state index in [4.69, 9.17) is 4.74 Å². The molecule has 36 heavy (non-hydrogen) atoms. The SMILES string of the molecule is CC(=O)C1CCC2(O)C3(O)CC(O)C4(O)CC(O)CCC4(C)C3CC(OC(=O)C=C(C)C(C)C)C12C. The van der Waals surface area contributed by atoms with Crippen molar-refractivity contribution in [2.75, 3.05) is 0 Å². The molecule has 4 aliphatic rings. The zero-order valence-corrected chi connectivity index (χ0v) is 22.5. The molecule has 8 nitrogen and oxygen atoms in total. The minimum absolute atomic E-state index is 0.0379. The highest BCUT2D eigenvalue weighted by molar-refractivity contribution is 5.83. The van der Waals surface area contributed by atoms with E-state index >= 15 is 0 Å². The van der Waals surface area contributed by atoms with Gasteiger partial charge in [-0.2, -0.15) is 0 Å². The molecule has 0 heterocycles. The van der Waals surface area contributed by atoms with E-state index in [1.165, 1.54) is 13.0 Å². The minimum atomic E-state index is -1.83. The summed E-state index contributed by atoms with van der Waals surface area (Å²) >= 11 is 0. The maximum Gasteiger partial charge on any atom is 0.330 e. The molecule has 10 atom stereocenters. The van der Waals surface area contributed by atoms with Gasteiger partial charge >= 0.3 is 5.97 Å². The predicted octanol–water partition coefficient (Wildman–Crippen LogP) is 2.03. The topological polar surface area (TPSA) is 145 Å². The number of hydrogen-bond donors (Lipinski definition) is 5. The van der Waals surface area contributed by atoms with Gasteiger partial charge in [0.1, 0.15) is 23.1 Å². The molecule has 0 saturated heterocycles. The largest absolute Gasteiger partial charge is 0.458 e. The van der Waals surface area contributed by atoms with Gasteiger partial charge in [0.2, 0.25) is 0 Å². The van der Waals surface area contributed by atoms with Gasteiger partial charge in [0.25, 0.3) is 0 Å². The molecular formula is C28H44O8. The normalized spacial score (nSPS) is 50.8. The van der Waals surface area contributed by atoms with Crippen molar-refractivity contribution in [3.63, 3.8) is 0 Å². The van der Waals surface area contributed by atoms with Crippen LogP contribution in [-0.2, 0) is 14.3 Å². The van der Waals surface area contributed by atoms with E-state index in [9.17, 15) is 35.1 Å². The fourth-order valence-corrected chi connectivity index (χ4v) is 8.58. The molecule has 0 aliphatic heterocycles. The van der Waals surface area contributed by atoms with Gasteiger partial charge in [-0.05, 0) is 51.9 Å². The molecule has 0 radical (unpaired) electrons. The van der Waals surface area contributed by atoms with Crippen molar-refractivity contribution in [3.8, 4) is 0 Å². The fraction of sp³-hybridized carbons (Fsp3) is 0.857. The van der Waals surface area contributed by atoms with E-state index < -0.39 is 63.8 Å². The highest BCUT2D eigenvalue weighted by atomic mass is 16.5. The third-order valence-electron chi connectivity index (χ3n) is 11.2. The van der Waals surface area contributed by atoms with Crippen LogP contribution in [0.15, 0.2) is 11.6 Å². The van der Waals surface area contributed by atoms with Crippen molar-refractivity contribution < 1.29 is 39.9 Å². The predicted molar refractivity (Wildman–Crippen MR) is 132 cm³/mol. The van der Waals surface area contributed by atoms with Gasteiger partial charge in [0, 0.05) is 41.6 Å². The van der Waals surface area contributed by atoms with Crippen LogP contribution in [-0.4, -0.2) is 72.4 Å². The lowest BCUT2D eigenvalue weighted by Gasteiger charge is -2.71. The van der Waals surface area contributed by atoms with Crippen LogP contribution in [0.3, 0.4) is 0 Å². The first-order valence-electron chi connectivity index (χ1n) is 13.4. The lowest BCUT2D eigenvalue weighted by Crippen LogP contribution is -2.81. The van der Waals surface area contributed by atoms with Crippen LogP contribution in [0.1, 0.15) is 86.5 Å². The summed E-state index contributed by atoms with van der Waals surface area (Å²) in [6.07, 6.45) is -0.685. The van der Waals surface area contributed by atoms with Crippen LogP contribution in [0, 0.1) is 28.6 Å². The Kier molecular flexibility index (Phi) is 6.62. The summed E-state index contributed by atoms with van der Waals surface area (Å²) in [5.41, 5.74) is -6.82.